The van der Waals surface area contributed by atoms with Crippen molar-refractivity contribution in [2.75, 3.05) is 7.05 Å². The molecule has 0 aliphatic rings. The molecule has 2 rings (SSSR count). The van der Waals surface area contributed by atoms with Gasteiger partial charge in [0, 0.05) is 0 Å². The van der Waals surface area contributed by atoms with E-state index in [0.717, 1.165) is 5.56 Å². The summed E-state index contributed by atoms with van der Waals surface area (Å²) in [7, 11) is 1.92. The van der Waals surface area contributed by atoms with E-state index in [9.17, 15) is 4.39 Å². The largest absolute Gasteiger partial charge is 0.309 e. The van der Waals surface area contributed by atoms with E-state index in [1.54, 1.807) is 13.0 Å². The molecule has 0 aliphatic carbocycles. The third-order valence-corrected chi connectivity index (χ3v) is 3.84. The van der Waals surface area contributed by atoms with Gasteiger partial charge in [0.05, 0.1) is 6.04 Å². The van der Waals surface area contributed by atoms with E-state index < -0.39 is 0 Å². The highest BCUT2D eigenvalue weighted by Gasteiger charge is 2.17. The maximum Gasteiger partial charge on any atom is 0.126 e. The molecule has 106 valence electrons. The molecule has 0 radical (unpaired) electrons. The molecule has 0 heterocycles. The Balaban J connectivity index is 2.55. The van der Waals surface area contributed by atoms with E-state index >= 15 is 0 Å². The van der Waals surface area contributed by atoms with E-state index in [1.165, 1.54) is 22.3 Å². The van der Waals surface area contributed by atoms with E-state index in [4.69, 9.17) is 0 Å². The molecule has 0 spiro atoms. The van der Waals surface area contributed by atoms with Gasteiger partial charge < -0.3 is 5.32 Å². The number of halogens is 1. The fraction of sp³-hybridized carbons (Fsp3) is 0.333. The second-order valence-electron chi connectivity index (χ2n) is 5.54. The van der Waals surface area contributed by atoms with Crippen molar-refractivity contribution in [1.29, 1.82) is 0 Å². The van der Waals surface area contributed by atoms with Gasteiger partial charge in [0.15, 0.2) is 0 Å². The van der Waals surface area contributed by atoms with Crippen molar-refractivity contribution in [2.45, 2.75) is 33.7 Å². The van der Waals surface area contributed by atoms with Crippen molar-refractivity contribution >= 4 is 0 Å². The van der Waals surface area contributed by atoms with Crippen LogP contribution < -0.4 is 5.32 Å². The zero-order valence-corrected chi connectivity index (χ0v) is 12.8. The normalized spacial score (nSPS) is 12.5. The predicted molar refractivity (Wildman–Crippen MR) is 82.7 cm³/mol. The number of nitrogens with one attached hydrogen (secondary N) is 1. The van der Waals surface area contributed by atoms with Crippen molar-refractivity contribution < 1.29 is 4.39 Å². The zero-order valence-electron chi connectivity index (χ0n) is 12.8. The van der Waals surface area contributed by atoms with Gasteiger partial charge in [-0.25, -0.2) is 4.39 Å². The minimum atomic E-state index is -0.148. The van der Waals surface area contributed by atoms with Crippen molar-refractivity contribution in [2.24, 2.45) is 0 Å². The van der Waals surface area contributed by atoms with Crippen LogP contribution in [0.3, 0.4) is 0 Å². The van der Waals surface area contributed by atoms with Crippen molar-refractivity contribution in [1.82, 2.24) is 5.32 Å². The van der Waals surface area contributed by atoms with Gasteiger partial charge in [0.25, 0.3) is 0 Å². The van der Waals surface area contributed by atoms with E-state index in [0.29, 0.717) is 5.56 Å². The fourth-order valence-electron chi connectivity index (χ4n) is 2.91. The summed E-state index contributed by atoms with van der Waals surface area (Å²) in [5.41, 5.74) is 6.62. The van der Waals surface area contributed by atoms with Gasteiger partial charge in [-0.05, 0) is 68.6 Å². The van der Waals surface area contributed by atoms with Gasteiger partial charge in [-0.2, -0.15) is 0 Å². The van der Waals surface area contributed by atoms with Gasteiger partial charge in [-0.3, -0.25) is 0 Å². The summed E-state index contributed by atoms with van der Waals surface area (Å²) >= 11 is 0. The molecule has 0 aromatic heterocycles. The van der Waals surface area contributed by atoms with Crippen LogP contribution in [-0.2, 0) is 0 Å². The molecule has 0 amide bonds. The Morgan fingerprint density at radius 3 is 2.00 bits per heavy atom. The number of hydrogen-bond acceptors (Lipinski definition) is 1. The molecule has 2 aromatic rings. The van der Waals surface area contributed by atoms with Crippen LogP contribution in [0.25, 0.3) is 0 Å². The van der Waals surface area contributed by atoms with Gasteiger partial charge in [0.2, 0.25) is 0 Å². The molecule has 0 bridgehead atoms. The molecule has 20 heavy (non-hydrogen) atoms. The monoisotopic (exact) mass is 271 g/mol. The highest BCUT2D eigenvalue weighted by molar-refractivity contribution is 5.44. The van der Waals surface area contributed by atoms with E-state index in [2.05, 4.69) is 38.2 Å². The van der Waals surface area contributed by atoms with Gasteiger partial charge >= 0.3 is 0 Å². The number of hydrogen-bond donors (Lipinski definition) is 1. The minimum absolute atomic E-state index is 0.0192. The SMILES string of the molecule is CNC(c1ccc(C)c(F)c1)c1c(C)cc(C)cc1C. The summed E-state index contributed by atoms with van der Waals surface area (Å²) in [5.74, 6) is -0.148. The first kappa shape index (κ1) is 14.7. The lowest BCUT2D eigenvalue weighted by Gasteiger charge is -2.22. The number of rotatable bonds is 3. The average molecular weight is 271 g/mol. The van der Waals surface area contributed by atoms with Crippen LogP contribution in [0.15, 0.2) is 30.3 Å². The summed E-state index contributed by atoms with van der Waals surface area (Å²) in [6.45, 7) is 8.12. The highest BCUT2D eigenvalue weighted by atomic mass is 19.1. The predicted octanol–water partition coefficient (Wildman–Crippen LogP) is 4.37. The second kappa shape index (κ2) is 5.76. The van der Waals surface area contributed by atoms with Crippen LogP contribution in [0.5, 0.6) is 0 Å². The quantitative estimate of drug-likeness (QED) is 0.874. The van der Waals surface area contributed by atoms with Crippen LogP contribution in [0.2, 0.25) is 0 Å². The summed E-state index contributed by atoms with van der Waals surface area (Å²) in [6, 6.07) is 9.85. The average Bonchev–Trinajstić information content (AvgIpc) is 2.37. The standard InChI is InChI=1S/C18H22FN/c1-11-8-13(3)17(14(4)9-11)18(20-5)15-7-6-12(2)16(19)10-15/h6-10,18,20H,1-5H3. The topological polar surface area (TPSA) is 12.0 Å². The van der Waals surface area contributed by atoms with Crippen LogP contribution >= 0.6 is 0 Å². The third kappa shape index (κ3) is 2.75. The molecular weight excluding hydrogens is 249 g/mol. The summed E-state index contributed by atoms with van der Waals surface area (Å²) in [4.78, 5) is 0. The molecule has 1 atom stereocenters. The number of benzene rings is 2. The first-order valence-electron chi connectivity index (χ1n) is 6.95. The molecular formula is C18H22FN. The van der Waals surface area contributed by atoms with Crippen LogP contribution in [-0.4, -0.2) is 7.05 Å². The molecule has 1 unspecified atom stereocenters. The lowest BCUT2D eigenvalue weighted by atomic mass is 9.89. The van der Waals surface area contributed by atoms with Gasteiger partial charge in [-0.1, -0.05) is 29.8 Å². The molecule has 0 saturated heterocycles. The van der Waals surface area contributed by atoms with Crippen LogP contribution in [0.1, 0.15) is 39.4 Å². The molecule has 0 aliphatic heterocycles. The van der Waals surface area contributed by atoms with Crippen molar-refractivity contribution in [3.63, 3.8) is 0 Å². The molecule has 0 saturated carbocycles. The first-order valence-corrected chi connectivity index (χ1v) is 6.95. The fourth-order valence-corrected chi connectivity index (χ4v) is 2.91. The Labute approximate surface area is 120 Å². The summed E-state index contributed by atoms with van der Waals surface area (Å²) < 4.78 is 13.8. The van der Waals surface area contributed by atoms with Crippen LogP contribution in [0, 0.1) is 33.5 Å². The van der Waals surface area contributed by atoms with Crippen molar-refractivity contribution in [3.8, 4) is 0 Å². The number of aryl methyl sites for hydroxylation is 4. The van der Waals surface area contributed by atoms with Crippen LogP contribution in [0.4, 0.5) is 4.39 Å². The molecule has 0 fully saturated rings. The third-order valence-electron chi connectivity index (χ3n) is 3.84. The zero-order chi connectivity index (χ0) is 14.9. The Kier molecular flexibility index (Phi) is 4.24. The van der Waals surface area contributed by atoms with E-state index in [1.807, 2.05) is 19.2 Å². The van der Waals surface area contributed by atoms with Gasteiger partial charge in [-0.15, -0.1) is 0 Å². The molecule has 2 heteroatoms. The highest BCUT2D eigenvalue weighted by Crippen LogP contribution is 2.29. The Morgan fingerprint density at radius 1 is 0.900 bits per heavy atom. The second-order valence-corrected chi connectivity index (χ2v) is 5.54. The molecule has 2 aromatic carbocycles. The maximum atomic E-state index is 13.8. The smallest absolute Gasteiger partial charge is 0.126 e. The molecule has 1 nitrogen and oxygen atoms in total. The van der Waals surface area contributed by atoms with E-state index in [-0.39, 0.29) is 11.9 Å². The first-order chi connectivity index (χ1) is 9.43. The minimum Gasteiger partial charge on any atom is -0.309 e. The summed E-state index contributed by atoms with van der Waals surface area (Å²) in [6.07, 6.45) is 0. The molecule has 1 N–H and O–H groups in total. The Morgan fingerprint density at radius 2 is 1.50 bits per heavy atom. The maximum absolute atomic E-state index is 13.8. The Hall–Kier alpha value is -1.67. The Bertz CT molecular complexity index is 608. The lowest BCUT2D eigenvalue weighted by Crippen LogP contribution is -2.20. The lowest BCUT2D eigenvalue weighted by molar-refractivity contribution is 0.607. The van der Waals surface area contributed by atoms with Crippen molar-refractivity contribution in [3.05, 3.63) is 69.5 Å². The van der Waals surface area contributed by atoms with Gasteiger partial charge in [0.1, 0.15) is 5.82 Å². The summed E-state index contributed by atoms with van der Waals surface area (Å²) in [5, 5.41) is 3.32.